The van der Waals surface area contributed by atoms with Crippen LogP contribution in [0.15, 0.2) is 55.1 Å². The molecule has 204 valence electrons. The number of hydrogen-bond acceptors (Lipinski definition) is 8. The zero-order chi connectivity index (χ0) is 27.4. The highest BCUT2D eigenvalue weighted by atomic mass is 16.5. The third-order valence-corrected chi connectivity index (χ3v) is 6.63. The predicted octanol–water partition coefficient (Wildman–Crippen LogP) is 2.45. The van der Waals surface area contributed by atoms with Crippen molar-refractivity contribution in [3.05, 3.63) is 72.1 Å². The molecule has 0 radical (unpaired) electrons. The summed E-state index contributed by atoms with van der Waals surface area (Å²) >= 11 is 0. The van der Waals surface area contributed by atoms with E-state index in [1.807, 2.05) is 42.1 Å². The maximum absolute atomic E-state index is 12.8. The van der Waals surface area contributed by atoms with E-state index in [9.17, 15) is 14.7 Å². The summed E-state index contributed by atoms with van der Waals surface area (Å²) < 4.78 is 7.34. The predicted molar refractivity (Wildman–Crippen MR) is 147 cm³/mol. The van der Waals surface area contributed by atoms with Crippen molar-refractivity contribution in [3.8, 4) is 0 Å². The van der Waals surface area contributed by atoms with Crippen LogP contribution in [0.1, 0.15) is 28.7 Å². The summed E-state index contributed by atoms with van der Waals surface area (Å²) in [6.07, 6.45) is 7.17. The van der Waals surface area contributed by atoms with Crippen LogP contribution in [0.4, 0.5) is 22.0 Å². The Bertz CT molecular complexity index is 1360. The number of amides is 3. The second-order valence-electron chi connectivity index (χ2n) is 9.47. The number of carbonyl (C=O) groups excluding carboxylic acids is 2. The molecule has 39 heavy (non-hydrogen) atoms. The number of nitrogens with zero attached hydrogens (tertiary/aromatic N) is 5. The molecule has 12 nitrogen and oxygen atoms in total. The van der Waals surface area contributed by atoms with Gasteiger partial charge in [0, 0.05) is 49.3 Å². The molecule has 5 rings (SSSR count). The minimum Gasteiger partial charge on any atom is -0.394 e. The van der Waals surface area contributed by atoms with Crippen LogP contribution in [0.5, 0.6) is 0 Å². The highest BCUT2D eigenvalue weighted by molar-refractivity contribution is 5.94. The summed E-state index contributed by atoms with van der Waals surface area (Å²) in [6, 6.07) is 8.50. The number of carbonyl (C=O) groups is 2. The van der Waals surface area contributed by atoms with Gasteiger partial charge in [-0.25, -0.2) is 14.8 Å². The summed E-state index contributed by atoms with van der Waals surface area (Å²) in [5.41, 5.74) is 3.71. The minimum atomic E-state index is -0.383. The summed E-state index contributed by atoms with van der Waals surface area (Å²) in [4.78, 5) is 37.9. The molecule has 12 heteroatoms. The third kappa shape index (κ3) is 5.86. The molecule has 1 aromatic carbocycles. The molecule has 0 saturated carbocycles. The number of morpholine rings is 1. The van der Waals surface area contributed by atoms with Crippen LogP contribution < -0.4 is 20.9 Å². The molecule has 1 saturated heterocycles. The Hall–Kier alpha value is -4.42. The average Bonchev–Trinajstić information content (AvgIpc) is 3.44. The van der Waals surface area contributed by atoms with E-state index in [4.69, 9.17) is 4.74 Å². The van der Waals surface area contributed by atoms with Gasteiger partial charge in [-0.15, -0.1) is 0 Å². The van der Waals surface area contributed by atoms with Gasteiger partial charge < -0.3 is 40.2 Å². The fourth-order valence-corrected chi connectivity index (χ4v) is 4.50. The minimum absolute atomic E-state index is 0.0561. The molecule has 2 aliphatic heterocycles. The van der Waals surface area contributed by atoms with Crippen LogP contribution in [-0.2, 0) is 11.4 Å². The summed E-state index contributed by atoms with van der Waals surface area (Å²) in [7, 11) is 0. The van der Waals surface area contributed by atoms with Crippen molar-refractivity contribution in [1.29, 1.82) is 0 Å². The van der Waals surface area contributed by atoms with Crippen molar-refractivity contribution >= 4 is 34.8 Å². The lowest BCUT2D eigenvalue weighted by Gasteiger charge is -2.30. The van der Waals surface area contributed by atoms with Crippen LogP contribution in [0.3, 0.4) is 0 Å². The topological polar surface area (TPSA) is 137 Å². The first kappa shape index (κ1) is 26.2. The Morgan fingerprint density at radius 3 is 2.72 bits per heavy atom. The molecule has 2 aromatic heterocycles. The fourth-order valence-electron chi connectivity index (χ4n) is 4.50. The van der Waals surface area contributed by atoms with Crippen molar-refractivity contribution in [1.82, 2.24) is 24.8 Å². The second-order valence-corrected chi connectivity index (χ2v) is 9.47. The smallest absolute Gasteiger partial charge is 0.319 e. The number of aromatic nitrogens is 3. The Morgan fingerprint density at radius 1 is 1.15 bits per heavy atom. The molecule has 3 amide bonds. The number of hydrogen-bond donors (Lipinski definition) is 4. The molecule has 1 atom stereocenters. The van der Waals surface area contributed by atoms with Gasteiger partial charge in [-0.2, -0.15) is 0 Å². The van der Waals surface area contributed by atoms with E-state index >= 15 is 0 Å². The van der Waals surface area contributed by atoms with Crippen LogP contribution >= 0.6 is 0 Å². The van der Waals surface area contributed by atoms with Crippen molar-refractivity contribution in [2.75, 3.05) is 48.4 Å². The van der Waals surface area contributed by atoms with Gasteiger partial charge in [0.05, 0.1) is 37.1 Å². The van der Waals surface area contributed by atoms with Gasteiger partial charge in [-0.3, -0.25) is 4.79 Å². The molecule has 0 unspecified atom stereocenters. The lowest BCUT2D eigenvalue weighted by atomic mass is 10.1. The van der Waals surface area contributed by atoms with Gasteiger partial charge in [-0.1, -0.05) is 6.07 Å². The Kier molecular flexibility index (Phi) is 7.75. The number of imidazole rings is 1. The van der Waals surface area contributed by atoms with Crippen LogP contribution in [-0.4, -0.2) is 75.4 Å². The van der Waals surface area contributed by atoms with E-state index in [2.05, 4.69) is 30.8 Å². The van der Waals surface area contributed by atoms with E-state index in [-0.39, 0.29) is 24.6 Å². The Morgan fingerprint density at radius 2 is 1.97 bits per heavy atom. The Balaban J connectivity index is 1.35. The number of pyridine rings is 1. The fraction of sp³-hybridized carbons (Fsp3) is 0.333. The third-order valence-electron chi connectivity index (χ3n) is 6.63. The van der Waals surface area contributed by atoms with Crippen molar-refractivity contribution in [2.24, 2.45) is 0 Å². The van der Waals surface area contributed by atoms with Crippen molar-refractivity contribution in [3.63, 3.8) is 0 Å². The maximum atomic E-state index is 12.8. The van der Waals surface area contributed by atoms with Gasteiger partial charge in [-0.05, 0) is 43.7 Å². The zero-order valence-electron chi connectivity index (χ0n) is 21.9. The molecule has 3 aromatic rings. The first-order valence-electron chi connectivity index (χ1n) is 12.8. The first-order chi connectivity index (χ1) is 18.9. The van der Waals surface area contributed by atoms with Crippen LogP contribution in [0.25, 0.3) is 5.70 Å². The number of anilines is 3. The molecule has 0 spiro atoms. The van der Waals surface area contributed by atoms with E-state index in [0.717, 1.165) is 22.8 Å². The van der Waals surface area contributed by atoms with E-state index in [1.165, 1.54) is 0 Å². The number of urea groups is 1. The van der Waals surface area contributed by atoms with E-state index in [0.29, 0.717) is 50.0 Å². The first-order valence-corrected chi connectivity index (χ1v) is 12.8. The quantitative estimate of drug-likeness (QED) is 0.364. The van der Waals surface area contributed by atoms with Crippen molar-refractivity contribution < 1.29 is 19.4 Å². The summed E-state index contributed by atoms with van der Waals surface area (Å²) in [5, 5.41) is 18.1. The van der Waals surface area contributed by atoms with Gasteiger partial charge in [0.15, 0.2) is 5.82 Å². The number of fused-ring (bicyclic) bond motifs is 1. The van der Waals surface area contributed by atoms with E-state index in [1.54, 1.807) is 36.4 Å². The number of nitrogens with one attached hydrogen (secondary N) is 3. The highest BCUT2D eigenvalue weighted by Crippen LogP contribution is 2.31. The molecule has 2 aliphatic rings. The highest BCUT2D eigenvalue weighted by Gasteiger charge is 2.23. The van der Waals surface area contributed by atoms with Gasteiger partial charge >= 0.3 is 6.03 Å². The standard InChI is InChI=1S/C27H32N8O4/c1-18(16-36)30-27(38)32-21-4-3-5-23(19(21)2)35-15-22(25-28-8-9-34(25)17-35)31-24-7-6-20(14-29-24)26(37)33-10-12-39-13-11-33/h3-9,14-15,18,36H,10-13,16-17H2,1-2H3,(H,29,31)(H2,30,32,38)/t18-/m1/s1. The van der Waals surface area contributed by atoms with E-state index < -0.39 is 0 Å². The zero-order valence-corrected chi connectivity index (χ0v) is 21.9. The molecular weight excluding hydrogens is 500 g/mol. The summed E-state index contributed by atoms with van der Waals surface area (Å²) in [6.45, 7) is 6.29. The molecule has 0 aliphatic carbocycles. The van der Waals surface area contributed by atoms with Crippen LogP contribution in [0.2, 0.25) is 0 Å². The largest absolute Gasteiger partial charge is 0.394 e. The molecular formula is C27H32N8O4. The average molecular weight is 533 g/mol. The monoisotopic (exact) mass is 532 g/mol. The second kappa shape index (κ2) is 11.5. The number of aliphatic hydroxyl groups is 1. The normalized spacial score (nSPS) is 15.7. The lowest BCUT2D eigenvalue weighted by molar-refractivity contribution is 0.0302. The SMILES string of the molecule is Cc1c(NC(=O)N[C@H](C)CO)cccc1N1C=C(Nc2ccc(C(=O)N3CCOCC3)cn2)c2nccn2C1. The Labute approximate surface area is 226 Å². The van der Waals surface area contributed by atoms with Gasteiger partial charge in [0.2, 0.25) is 0 Å². The summed E-state index contributed by atoms with van der Waals surface area (Å²) in [5.74, 6) is 1.28. The lowest BCUT2D eigenvalue weighted by Crippen LogP contribution is -2.40. The van der Waals surface area contributed by atoms with Gasteiger partial charge in [0.25, 0.3) is 5.91 Å². The van der Waals surface area contributed by atoms with Crippen molar-refractivity contribution in [2.45, 2.75) is 26.6 Å². The van der Waals surface area contributed by atoms with Gasteiger partial charge in [0.1, 0.15) is 12.5 Å². The number of ether oxygens (including phenoxy) is 1. The molecule has 4 N–H and O–H groups in total. The molecule has 1 fully saturated rings. The number of aliphatic hydroxyl groups excluding tert-OH is 1. The maximum Gasteiger partial charge on any atom is 0.319 e. The molecule has 0 bridgehead atoms. The number of benzene rings is 1. The molecule has 4 heterocycles. The van der Waals surface area contributed by atoms with Crippen LogP contribution in [0, 0.1) is 6.92 Å². The number of rotatable bonds is 7.